The number of nitrogens with zero attached hydrogens (tertiary/aromatic N) is 1. The molecule has 368 valence electrons. The second kappa shape index (κ2) is 46.5. The molecule has 0 spiro atoms. The molecule has 0 aliphatic carbocycles. The van der Waals surface area contributed by atoms with Gasteiger partial charge in [-0.05, 0) is 64.2 Å². The van der Waals surface area contributed by atoms with E-state index in [-0.39, 0.29) is 25.8 Å². The fourth-order valence-corrected chi connectivity index (χ4v) is 8.34. The zero-order valence-electron chi connectivity index (χ0n) is 41.9. The Hall–Kier alpha value is -1.02. The van der Waals surface area contributed by atoms with Crippen LogP contribution in [0.25, 0.3) is 0 Å². The normalized spacial score (nSPS) is 13.7. The maximum Gasteiger partial charge on any atom is 0.472 e. The van der Waals surface area contributed by atoms with E-state index in [1.165, 1.54) is 193 Å². The summed E-state index contributed by atoms with van der Waals surface area (Å²) in [6, 6.07) is 0. The molecule has 0 aromatic carbocycles. The number of carbonyl (C=O) groups excluding carboxylic acids is 1. The van der Waals surface area contributed by atoms with E-state index in [1.807, 2.05) is 21.1 Å². The van der Waals surface area contributed by atoms with Gasteiger partial charge < -0.3 is 18.9 Å². The molecule has 9 heteroatoms. The highest BCUT2D eigenvalue weighted by Crippen LogP contribution is 2.43. The molecule has 0 rings (SSSR count). The van der Waals surface area contributed by atoms with Crippen molar-refractivity contribution in [3.8, 4) is 0 Å². The van der Waals surface area contributed by atoms with Crippen LogP contribution in [0, 0.1) is 0 Å². The number of hydrogen-bond donors (Lipinski definition) is 1. The Bertz CT molecular complexity index is 1050. The van der Waals surface area contributed by atoms with Crippen LogP contribution in [0.1, 0.15) is 251 Å². The number of allylic oxidation sites excluding steroid dienone is 4. The van der Waals surface area contributed by atoms with Crippen molar-refractivity contribution in [3.63, 3.8) is 0 Å². The minimum Gasteiger partial charge on any atom is -0.457 e. The zero-order valence-corrected chi connectivity index (χ0v) is 42.8. The highest BCUT2D eigenvalue weighted by molar-refractivity contribution is 7.47. The zero-order chi connectivity index (χ0) is 45.5. The molecule has 0 bridgehead atoms. The van der Waals surface area contributed by atoms with Crippen LogP contribution < -0.4 is 0 Å². The SMILES string of the molecule is CCCCCCC/C=C\CCCCCCCC(=O)OC(COCCCCCCCCCCCCCCCC/C=C\CCCCCCCCCC)COP(=O)(O)OCC[N+](C)(C)C. The lowest BCUT2D eigenvalue weighted by molar-refractivity contribution is -0.870. The Morgan fingerprint density at radius 1 is 0.484 bits per heavy atom. The molecule has 0 aromatic rings. The van der Waals surface area contributed by atoms with Gasteiger partial charge in [0, 0.05) is 13.0 Å². The Morgan fingerprint density at radius 3 is 1.23 bits per heavy atom. The number of hydrogen-bond acceptors (Lipinski definition) is 6. The highest BCUT2D eigenvalue weighted by atomic mass is 31.2. The number of unbranched alkanes of at least 4 members (excludes halogenated alkanes) is 32. The number of quaternary nitrogens is 1. The van der Waals surface area contributed by atoms with Crippen LogP contribution in [0.15, 0.2) is 24.3 Å². The summed E-state index contributed by atoms with van der Waals surface area (Å²) in [6.45, 7) is 5.64. The summed E-state index contributed by atoms with van der Waals surface area (Å²) in [4.78, 5) is 23.0. The standard InChI is InChI=1S/C53H104NO7P/c1-6-8-10-12-14-16-18-20-22-23-24-25-26-27-28-29-30-31-32-33-35-37-39-41-43-45-48-58-50-52(51-60-62(56,57)59-49-47-54(3,4)5)61-53(55)46-44-42-40-38-36-34-21-19-17-15-13-11-9-7-2/h19,21,23-24,52H,6-18,20,22,25-51H2,1-5H3/p+1/b21-19-,24-23-. The van der Waals surface area contributed by atoms with Crippen LogP contribution in [-0.4, -0.2) is 75.6 Å². The fourth-order valence-electron chi connectivity index (χ4n) is 7.60. The average Bonchev–Trinajstić information content (AvgIpc) is 3.23. The third-order valence-corrected chi connectivity index (χ3v) is 12.7. The Balaban J connectivity index is 4.02. The van der Waals surface area contributed by atoms with Gasteiger partial charge in [0.2, 0.25) is 0 Å². The first-order valence-corrected chi connectivity index (χ1v) is 28.1. The predicted octanol–water partition coefficient (Wildman–Crippen LogP) is 16.3. The first kappa shape index (κ1) is 61.0. The van der Waals surface area contributed by atoms with Crippen molar-refractivity contribution in [2.75, 3.05) is 54.1 Å². The Morgan fingerprint density at radius 2 is 0.839 bits per heavy atom. The van der Waals surface area contributed by atoms with E-state index in [0.29, 0.717) is 24.1 Å². The number of ether oxygens (including phenoxy) is 2. The van der Waals surface area contributed by atoms with Crippen LogP contribution in [0.3, 0.4) is 0 Å². The molecule has 0 aliphatic rings. The lowest BCUT2D eigenvalue weighted by Crippen LogP contribution is -2.37. The Labute approximate surface area is 385 Å². The van der Waals surface area contributed by atoms with Crippen LogP contribution in [-0.2, 0) is 27.9 Å². The van der Waals surface area contributed by atoms with Crippen molar-refractivity contribution in [3.05, 3.63) is 24.3 Å². The summed E-state index contributed by atoms with van der Waals surface area (Å²) >= 11 is 0. The van der Waals surface area contributed by atoms with Crippen molar-refractivity contribution < 1.29 is 37.3 Å². The topological polar surface area (TPSA) is 91.3 Å². The molecule has 2 unspecified atom stereocenters. The summed E-state index contributed by atoms with van der Waals surface area (Å²) < 4.78 is 35.1. The van der Waals surface area contributed by atoms with Gasteiger partial charge in [-0.2, -0.15) is 0 Å². The van der Waals surface area contributed by atoms with Gasteiger partial charge in [0.1, 0.15) is 19.3 Å². The molecule has 62 heavy (non-hydrogen) atoms. The maximum atomic E-state index is 12.7. The minimum atomic E-state index is -4.28. The largest absolute Gasteiger partial charge is 0.472 e. The van der Waals surface area contributed by atoms with Crippen molar-refractivity contribution in [2.45, 2.75) is 258 Å². The highest BCUT2D eigenvalue weighted by Gasteiger charge is 2.26. The van der Waals surface area contributed by atoms with Crippen molar-refractivity contribution >= 4 is 13.8 Å². The van der Waals surface area contributed by atoms with Gasteiger partial charge in [0.15, 0.2) is 0 Å². The van der Waals surface area contributed by atoms with E-state index in [0.717, 1.165) is 38.5 Å². The number of esters is 1. The molecule has 2 atom stereocenters. The lowest BCUT2D eigenvalue weighted by Gasteiger charge is -2.24. The molecule has 0 heterocycles. The smallest absolute Gasteiger partial charge is 0.457 e. The second-order valence-corrected chi connectivity index (χ2v) is 20.7. The van der Waals surface area contributed by atoms with Crippen LogP contribution >= 0.6 is 7.82 Å². The summed E-state index contributed by atoms with van der Waals surface area (Å²) in [7, 11) is 1.67. The van der Waals surface area contributed by atoms with Gasteiger partial charge in [-0.15, -0.1) is 0 Å². The summed E-state index contributed by atoms with van der Waals surface area (Å²) in [6.07, 6.45) is 55.2. The van der Waals surface area contributed by atoms with Gasteiger partial charge in [-0.3, -0.25) is 13.8 Å². The summed E-state index contributed by atoms with van der Waals surface area (Å²) in [5, 5.41) is 0. The number of carbonyl (C=O) groups is 1. The van der Waals surface area contributed by atoms with Crippen molar-refractivity contribution in [1.82, 2.24) is 0 Å². The molecule has 0 saturated carbocycles. The van der Waals surface area contributed by atoms with Gasteiger partial charge >= 0.3 is 13.8 Å². The van der Waals surface area contributed by atoms with E-state index in [4.69, 9.17) is 18.5 Å². The predicted molar refractivity (Wildman–Crippen MR) is 266 cm³/mol. The summed E-state index contributed by atoms with van der Waals surface area (Å²) in [5.74, 6) is -0.319. The van der Waals surface area contributed by atoms with Gasteiger partial charge in [0.05, 0.1) is 34.4 Å². The number of phosphoric acid groups is 1. The third kappa shape index (κ3) is 50.0. The average molecular weight is 899 g/mol. The molecule has 0 saturated heterocycles. The molecule has 8 nitrogen and oxygen atoms in total. The monoisotopic (exact) mass is 899 g/mol. The minimum absolute atomic E-state index is 0.0890. The molecular formula is C53H105NO7P+. The molecule has 0 aromatic heterocycles. The van der Waals surface area contributed by atoms with Crippen LogP contribution in [0.4, 0.5) is 0 Å². The van der Waals surface area contributed by atoms with E-state index in [9.17, 15) is 14.3 Å². The van der Waals surface area contributed by atoms with Crippen molar-refractivity contribution in [2.24, 2.45) is 0 Å². The van der Waals surface area contributed by atoms with Crippen LogP contribution in [0.2, 0.25) is 0 Å². The molecule has 0 radical (unpaired) electrons. The summed E-state index contributed by atoms with van der Waals surface area (Å²) in [5.41, 5.74) is 0. The van der Waals surface area contributed by atoms with Crippen molar-refractivity contribution in [1.29, 1.82) is 0 Å². The lowest BCUT2D eigenvalue weighted by atomic mass is 10.0. The quantitative estimate of drug-likeness (QED) is 0.0214. The molecule has 1 N–H and O–H groups in total. The number of rotatable bonds is 50. The van der Waals surface area contributed by atoms with Gasteiger partial charge in [-0.25, -0.2) is 4.57 Å². The molecule has 0 fully saturated rings. The van der Waals surface area contributed by atoms with E-state index >= 15 is 0 Å². The number of likely N-dealkylation sites (N-methyl/N-ethyl adjacent to an activating group) is 1. The fraction of sp³-hybridized carbons (Fsp3) is 0.906. The molecular weight excluding hydrogens is 794 g/mol. The first-order chi connectivity index (χ1) is 30.1. The maximum absolute atomic E-state index is 12.7. The van der Waals surface area contributed by atoms with Gasteiger partial charge in [0.25, 0.3) is 0 Å². The second-order valence-electron chi connectivity index (χ2n) is 19.3. The van der Waals surface area contributed by atoms with E-state index in [2.05, 4.69) is 38.2 Å². The third-order valence-electron chi connectivity index (χ3n) is 11.7. The van der Waals surface area contributed by atoms with Crippen LogP contribution in [0.5, 0.6) is 0 Å². The Kier molecular flexibility index (Phi) is 45.7. The molecule has 0 amide bonds. The number of phosphoric ester groups is 1. The van der Waals surface area contributed by atoms with E-state index in [1.54, 1.807) is 0 Å². The van der Waals surface area contributed by atoms with Gasteiger partial charge in [-0.1, -0.05) is 205 Å². The molecule has 0 aliphatic heterocycles. The van der Waals surface area contributed by atoms with E-state index < -0.39 is 13.9 Å². The first-order valence-electron chi connectivity index (χ1n) is 26.6.